The first-order valence-electron chi connectivity index (χ1n) is 20.0. The van der Waals surface area contributed by atoms with Crippen molar-refractivity contribution < 1.29 is 55.6 Å². The minimum Gasteiger partial charge on any atom is -0.493 e. The number of aromatic nitrogens is 4. The van der Waals surface area contributed by atoms with Crippen molar-refractivity contribution in [3.05, 3.63) is 117 Å². The smallest absolute Gasteiger partial charge is 0.490 e. The number of carboxylic acid groups (broad SMARTS) is 2. The zero-order valence-corrected chi connectivity index (χ0v) is 35.0. The van der Waals surface area contributed by atoms with Crippen molar-refractivity contribution in [1.82, 2.24) is 24.9 Å². The Morgan fingerprint density at radius 1 is 0.921 bits per heavy atom. The van der Waals surface area contributed by atoms with E-state index >= 15 is 0 Å². The van der Waals surface area contributed by atoms with Gasteiger partial charge in [-0.05, 0) is 104 Å². The molecule has 8 rings (SSSR count). The number of allylic oxidation sites excluding steroid dienone is 2. The number of hydrogen-bond donors (Lipinski definition) is 3. The van der Waals surface area contributed by atoms with E-state index in [9.17, 15) is 26.3 Å². The predicted octanol–water partition coefficient (Wildman–Crippen LogP) is 9.34. The maximum atomic E-state index is 10.6. The number of nitrogen functional groups attached to an aromatic ring is 1. The number of benzene rings is 3. The Morgan fingerprint density at radius 2 is 1.59 bits per heavy atom. The normalized spacial score (nSPS) is 18.1. The Hall–Kier alpha value is -5.88. The lowest BCUT2D eigenvalue weighted by Crippen LogP contribution is -2.35. The lowest BCUT2D eigenvalue weighted by atomic mass is 9.70. The van der Waals surface area contributed by atoms with E-state index in [2.05, 4.69) is 69.9 Å². The fourth-order valence-corrected chi connectivity index (χ4v) is 8.69. The first kappa shape index (κ1) is 46.6. The Labute approximate surface area is 363 Å². The minimum absolute atomic E-state index is 0.0912. The fourth-order valence-electron chi connectivity index (χ4n) is 8.52. The van der Waals surface area contributed by atoms with Gasteiger partial charge >= 0.3 is 24.3 Å². The number of aryl methyl sites for hydroxylation is 1. The van der Waals surface area contributed by atoms with Gasteiger partial charge < -0.3 is 25.4 Å². The van der Waals surface area contributed by atoms with Gasteiger partial charge in [0.15, 0.2) is 11.5 Å². The summed E-state index contributed by atoms with van der Waals surface area (Å²) in [6, 6.07) is 20.9. The molecule has 3 unspecified atom stereocenters. The summed E-state index contributed by atoms with van der Waals surface area (Å²) < 4.78 is 76.8. The first-order valence-corrected chi connectivity index (χ1v) is 20.3. The predicted molar refractivity (Wildman–Crippen MR) is 222 cm³/mol. The summed E-state index contributed by atoms with van der Waals surface area (Å²) >= 11 is 6.26. The van der Waals surface area contributed by atoms with Gasteiger partial charge in [0.1, 0.15) is 0 Å². The van der Waals surface area contributed by atoms with Gasteiger partial charge in [0, 0.05) is 53.2 Å². The summed E-state index contributed by atoms with van der Waals surface area (Å²) in [6.07, 6.45) is 1.92. The summed E-state index contributed by atoms with van der Waals surface area (Å²) in [5, 5.41) is 25.1. The summed E-state index contributed by atoms with van der Waals surface area (Å²) in [7, 11) is 3.39. The van der Waals surface area contributed by atoms with Gasteiger partial charge in [-0.1, -0.05) is 58.8 Å². The molecule has 336 valence electrons. The molecule has 0 amide bonds. The summed E-state index contributed by atoms with van der Waals surface area (Å²) in [4.78, 5) is 25.3. The molecule has 0 spiro atoms. The van der Waals surface area contributed by atoms with Crippen LogP contribution in [0.4, 0.5) is 32.0 Å². The quantitative estimate of drug-likeness (QED) is 0.0695. The Kier molecular flexibility index (Phi) is 14.6. The zero-order valence-electron chi connectivity index (χ0n) is 34.2. The molecule has 2 aliphatic carbocycles. The van der Waals surface area contributed by atoms with Crippen molar-refractivity contribution in [2.24, 2.45) is 5.92 Å². The summed E-state index contributed by atoms with van der Waals surface area (Å²) in [5.74, 6) is -3.00. The van der Waals surface area contributed by atoms with Crippen LogP contribution in [0.15, 0.2) is 78.5 Å². The van der Waals surface area contributed by atoms with E-state index in [4.69, 9.17) is 51.6 Å². The highest BCUT2D eigenvalue weighted by Crippen LogP contribution is 2.48. The lowest BCUT2D eigenvalue weighted by molar-refractivity contribution is -0.193. The highest BCUT2D eigenvalue weighted by molar-refractivity contribution is 6.31. The summed E-state index contributed by atoms with van der Waals surface area (Å²) in [5.41, 5.74) is 17.4. The van der Waals surface area contributed by atoms with Gasteiger partial charge in [-0.15, -0.1) is 5.10 Å². The number of nitrogens with zero attached hydrogens (tertiary/aromatic N) is 5. The molecule has 63 heavy (non-hydrogen) atoms. The molecule has 0 saturated heterocycles. The van der Waals surface area contributed by atoms with E-state index in [-0.39, 0.29) is 6.04 Å². The second kappa shape index (κ2) is 19.7. The van der Waals surface area contributed by atoms with Gasteiger partial charge in [-0.2, -0.15) is 26.3 Å². The van der Waals surface area contributed by atoms with E-state index in [1.54, 1.807) is 19.8 Å². The number of carbonyl (C=O) groups is 2. The van der Waals surface area contributed by atoms with Crippen LogP contribution >= 0.6 is 11.6 Å². The lowest BCUT2D eigenvalue weighted by Gasteiger charge is -2.37. The van der Waals surface area contributed by atoms with Crippen molar-refractivity contribution in [2.75, 3.05) is 26.5 Å². The molecule has 0 saturated carbocycles. The number of ether oxygens (including phenoxy) is 2. The number of carboxylic acids is 2. The third kappa shape index (κ3) is 11.4. The van der Waals surface area contributed by atoms with Crippen molar-refractivity contribution >= 4 is 40.1 Å². The third-order valence-electron chi connectivity index (χ3n) is 11.2. The van der Waals surface area contributed by atoms with Crippen LogP contribution in [0.1, 0.15) is 77.7 Å². The van der Waals surface area contributed by atoms with E-state index in [1.807, 2.05) is 22.9 Å². The second-order valence-corrected chi connectivity index (χ2v) is 15.9. The maximum Gasteiger partial charge on any atom is 0.490 e. The van der Waals surface area contributed by atoms with Crippen LogP contribution < -0.4 is 15.2 Å². The number of anilines is 1. The molecule has 3 aliphatic rings. The minimum atomic E-state index is -5.08. The largest absolute Gasteiger partial charge is 0.493 e. The van der Waals surface area contributed by atoms with Gasteiger partial charge in [-0.3, -0.25) is 14.6 Å². The molecule has 3 heterocycles. The average molecular weight is 903 g/mol. The SMILES string of the molecule is COc1cc2c(cc1OC)C(c1ccccc1)N(Cc1cn(CCCCC3=CC4Cc5nc6cc(Cl)ccc6c(N)c5C(C3)C4)nn1)CC2.O=C(O)C(F)(F)F.O=C(O)C(F)(F)F. The van der Waals surface area contributed by atoms with E-state index in [1.165, 1.54) is 28.7 Å². The van der Waals surface area contributed by atoms with E-state index in [0.717, 1.165) is 97.6 Å². The molecule has 2 bridgehead atoms. The zero-order chi connectivity index (χ0) is 45.6. The number of alkyl halides is 6. The molecular formula is C44H45ClF6N6O6. The number of aliphatic carboxylic acids is 2. The first-order chi connectivity index (χ1) is 29.9. The van der Waals surface area contributed by atoms with E-state index < -0.39 is 24.3 Å². The molecule has 3 atom stereocenters. The molecule has 1 aliphatic heterocycles. The monoisotopic (exact) mass is 902 g/mol. The average Bonchev–Trinajstić information content (AvgIpc) is 3.68. The van der Waals surface area contributed by atoms with Crippen LogP contribution in [0.3, 0.4) is 0 Å². The number of unbranched alkanes of at least 4 members (excludes halogenated alkanes) is 1. The highest BCUT2D eigenvalue weighted by Gasteiger charge is 2.39. The standard InChI is InChI=1S/C40H43ClN6O2.2C2HF3O2/c1-48-36-20-28-13-15-46(40(27-9-4-3-5-10-27)33(28)22-37(36)49-2)23-31-24-47(45-44-31)14-7-6-8-25-16-26-18-29(17-25)38-35(19-26)43-34-21-30(41)11-12-32(34)39(38)42;2*3-2(4,5)1(6)7/h3-5,9-12,16,20-22,24,26,29,40H,6-8,13-15,17-19,23H2,1-2H3,(H2,42,43);2*(H,6,7). The molecule has 4 N–H and O–H groups in total. The number of hydrogen-bond acceptors (Lipinski definition) is 9. The van der Waals surface area contributed by atoms with Crippen LogP contribution in [-0.4, -0.2) is 80.1 Å². The van der Waals surface area contributed by atoms with Gasteiger partial charge in [-0.25, -0.2) is 9.59 Å². The van der Waals surface area contributed by atoms with Crippen molar-refractivity contribution in [1.29, 1.82) is 0 Å². The van der Waals surface area contributed by atoms with E-state index in [0.29, 0.717) is 16.9 Å². The number of pyridine rings is 1. The molecule has 19 heteroatoms. The second-order valence-electron chi connectivity index (χ2n) is 15.4. The highest BCUT2D eigenvalue weighted by atomic mass is 35.5. The third-order valence-corrected chi connectivity index (χ3v) is 11.4. The molecule has 5 aromatic rings. The van der Waals surface area contributed by atoms with Crippen molar-refractivity contribution in [3.8, 4) is 11.5 Å². The fraction of sp³-hybridized carbons (Fsp3) is 0.386. The molecule has 12 nitrogen and oxygen atoms in total. The van der Waals surface area contributed by atoms with Crippen LogP contribution in [0.25, 0.3) is 10.9 Å². The van der Waals surface area contributed by atoms with Gasteiger partial charge in [0.2, 0.25) is 0 Å². The van der Waals surface area contributed by atoms with Crippen LogP contribution in [0.2, 0.25) is 5.02 Å². The number of rotatable bonds is 10. The Balaban J connectivity index is 0.000000409. The van der Waals surface area contributed by atoms with Crippen molar-refractivity contribution in [3.63, 3.8) is 0 Å². The maximum absolute atomic E-state index is 10.6. The molecule has 2 aromatic heterocycles. The number of nitrogens with two attached hydrogens (primary N) is 1. The van der Waals surface area contributed by atoms with Crippen molar-refractivity contribution in [2.45, 2.75) is 82.3 Å². The summed E-state index contributed by atoms with van der Waals surface area (Å²) in [6.45, 7) is 2.51. The van der Waals surface area contributed by atoms with Crippen LogP contribution in [-0.2, 0) is 35.5 Å². The topological polar surface area (TPSA) is 166 Å². The number of methoxy groups -OCH3 is 2. The van der Waals surface area contributed by atoms with Crippen LogP contribution in [0.5, 0.6) is 11.5 Å². The Morgan fingerprint density at radius 3 is 2.24 bits per heavy atom. The molecular weight excluding hydrogens is 858 g/mol. The van der Waals surface area contributed by atoms with Crippen LogP contribution in [0, 0.1) is 5.92 Å². The number of halogens is 7. The van der Waals surface area contributed by atoms with Gasteiger partial charge in [0.25, 0.3) is 0 Å². The molecule has 0 radical (unpaired) electrons. The van der Waals surface area contributed by atoms with Gasteiger partial charge in [0.05, 0.1) is 31.5 Å². The number of fused-ring (bicyclic) bond motifs is 6. The molecule has 3 aromatic carbocycles. The molecule has 0 fully saturated rings. The Bertz CT molecular complexity index is 2440.